The van der Waals surface area contributed by atoms with Crippen molar-refractivity contribution >= 4 is 16.6 Å². The van der Waals surface area contributed by atoms with Crippen LogP contribution in [0.15, 0.2) is 30.5 Å². The molecular weight excluding hydrogens is 216 g/mol. The molecule has 4 heteroatoms. The van der Waals surface area contributed by atoms with Crippen molar-refractivity contribution < 1.29 is 9.53 Å². The van der Waals surface area contributed by atoms with Gasteiger partial charge in [-0.15, -0.1) is 0 Å². The summed E-state index contributed by atoms with van der Waals surface area (Å²) in [5, 5.41) is 4.72. The van der Waals surface area contributed by atoms with Gasteiger partial charge in [0.1, 0.15) is 0 Å². The Bertz CT molecular complexity index is 552. The van der Waals surface area contributed by atoms with Crippen LogP contribution in [0.5, 0.6) is 5.88 Å². The quantitative estimate of drug-likeness (QED) is 0.811. The van der Waals surface area contributed by atoms with Crippen molar-refractivity contribution in [2.75, 3.05) is 20.7 Å². The number of carbonyl (C=O) groups is 1. The van der Waals surface area contributed by atoms with Crippen LogP contribution in [0.2, 0.25) is 0 Å². The Morgan fingerprint density at radius 2 is 2.24 bits per heavy atom. The van der Waals surface area contributed by atoms with Crippen molar-refractivity contribution in [3.8, 4) is 5.88 Å². The number of carbonyl (C=O) groups excluding carboxylic acids is 1. The number of ether oxygens (including phenoxy) is 1. The second-order valence-electron chi connectivity index (χ2n) is 3.71. The summed E-state index contributed by atoms with van der Waals surface area (Å²) in [6.07, 6.45) is 1.69. The number of fused-ring (bicyclic) bond motifs is 1. The molecule has 0 aliphatic heterocycles. The average Bonchev–Trinajstić information content (AvgIpc) is 2.37. The lowest BCUT2D eigenvalue weighted by atomic mass is 10.1. The Morgan fingerprint density at radius 3 is 2.94 bits per heavy atom. The first-order chi connectivity index (χ1) is 8.26. The summed E-state index contributed by atoms with van der Waals surface area (Å²) in [7, 11) is 3.32. The Hall–Kier alpha value is -1.94. The molecule has 0 unspecified atom stereocenters. The monoisotopic (exact) mass is 230 g/mol. The lowest BCUT2D eigenvalue weighted by Gasteiger charge is -2.06. The summed E-state index contributed by atoms with van der Waals surface area (Å²) < 4.78 is 5.18. The van der Waals surface area contributed by atoms with E-state index in [-0.39, 0.29) is 5.78 Å². The fourth-order valence-corrected chi connectivity index (χ4v) is 1.74. The molecule has 0 saturated carbocycles. The van der Waals surface area contributed by atoms with Crippen LogP contribution in [0.3, 0.4) is 0 Å². The van der Waals surface area contributed by atoms with Crippen LogP contribution >= 0.6 is 0 Å². The number of rotatable bonds is 4. The van der Waals surface area contributed by atoms with E-state index in [9.17, 15) is 4.79 Å². The second-order valence-corrected chi connectivity index (χ2v) is 3.71. The van der Waals surface area contributed by atoms with E-state index >= 15 is 0 Å². The average molecular weight is 230 g/mol. The van der Waals surface area contributed by atoms with Crippen molar-refractivity contribution in [3.63, 3.8) is 0 Å². The number of methoxy groups -OCH3 is 1. The van der Waals surface area contributed by atoms with Crippen molar-refractivity contribution in [1.82, 2.24) is 10.3 Å². The fraction of sp³-hybridized carbons (Fsp3) is 0.231. The number of pyridine rings is 1. The van der Waals surface area contributed by atoms with Crippen molar-refractivity contribution in [1.29, 1.82) is 0 Å². The van der Waals surface area contributed by atoms with E-state index in [2.05, 4.69) is 10.3 Å². The maximum absolute atomic E-state index is 11.8. The highest BCUT2D eigenvalue weighted by molar-refractivity contribution is 6.01. The Labute approximate surface area is 99.6 Å². The van der Waals surface area contributed by atoms with E-state index in [1.54, 1.807) is 20.4 Å². The molecule has 0 radical (unpaired) electrons. The van der Waals surface area contributed by atoms with Gasteiger partial charge in [0.05, 0.1) is 13.7 Å². The number of hydrogen-bond acceptors (Lipinski definition) is 4. The smallest absolute Gasteiger partial charge is 0.221 e. The summed E-state index contributed by atoms with van der Waals surface area (Å²) >= 11 is 0. The van der Waals surface area contributed by atoms with Crippen LogP contribution in [0.25, 0.3) is 10.8 Å². The zero-order chi connectivity index (χ0) is 12.3. The van der Waals surface area contributed by atoms with E-state index in [1.165, 1.54) is 0 Å². The number of likely N-dealkylation sites (N-methyl/N-ethyl adjacent to an activating group) is 1. The predicted octanol–water partition coefficient (Wildman–Crippen LogP) is 1.65. The molecule has 1 heterocycles. The van der Waals surface area contributed by atoms with Crippen molar-refractivity contribution in [3.05, 3.63) is 36.0 Å². The number of nitrogens with zero attached hydrogens (tertiary/aromatic N) is 1. The van der Waals surface area contributed by atoms with Crippen LogP contribution in [-0.2, 0) is 0 Å². The van der Waals surface area contributed by atoms with Crippen molar-refractivity contribution in [2.45, 2.75) is 0 Å². The fourth-order valence-electron chi connectivity index (χ4n) is 1.74. The summed E-state index contributed by atoms with van der Waals surface area (Å²) in [5.74, 6) is 0.599. The van der Waals surface area contributed by atoms with Gasteiger partial charge in [-0.3, -0.25) is 4.79 Å². The third-order valence-corrected chi connectivity index (χ3v) is 2.58. The van der Waals surface area contributed by atoms with E-state index in [4.69, 9.17) is 4.74 Å². The van der Waals surface area contributed by atoms with Crippen LogP contribution in [0.1, 0.15) is 10.4 Å². The molecule has 1 N–H and O–H groups in total. The molecule has 88 valence electrons. The summed E-state index contributed by atoms with van der Waals surface area (Å²) in [6, 6.07) is 7.44. The van der Waals surface area contributed by atoms with Gasteiger partial charge in [0.15, 0.2) is 5.78 Å². The van der Waals surface area contributed by atoms with Gasteiger partial charge in [-0.2, -0.15) is 0 Å². The number of Topliss-reactive ketones (excluding diaryl/α,β-unsaturated/α-hetero) is 1. The van der Waals surface area contributed by atoms with E-state index < -0.39 is 0 Å². The third-order valence-electron chi connectivity index (χ3n) is 2.58. The molecule has 0 bridgehead atoms. The van der Waals surface area contributed by atoms with Crippen LogP contribution in [-0.4, -0.2) is 31.5 Å². The highest BCUT2D eigenvalue weighted by Crippen LogP contribution is 2.23. The Morgan fingerprint density at radius 1 is 1.41 bits per heavy atom. The van der Waals surface area contributed by atoms with E-state index in [1.807, 2.05) is 24.3 Å². The van der Waals surface area contributed by atoms with Gasteiger partial charge in [-0.1, -0.05) is 12.1 Å². The highest BCUT2D eigenvalue weighted by Gasteiger charge is 2.08. The number of ketones is 1. The maximum Gasteiger partial charge on any atom is 0.221 e. The molecule has 2 aromatic rings. The van der Waals surface area contributed by atoms with Gasteiger partial charge in [0.25, 0.3) is 0 Å². The van der Waals surface area contributed by atoms with Gasteiger partial charge in [-0.05, 0) is 24.6 Å². The Kier molecular flexibility index (Phi) is 3.35. The minimum absolute atomic E-state index is 0.0558. The molecule has 0 aliphatic rings. The molecule has 4 nitrogen and oxygen atoms in total. The maximum atomic E-state index is 11.8. The van der Waals surface area contributed by atoms with Crippen LogP contribution in [0, 0.1) is 0 Å². The summed E-state index contributed by atoms with van der Waals surface area (Å²) in [5.41, 5.74) is 0.665. The van der Waals surface area contributed by atoms with Crippen LogP contribution < -0.4 is 10.1 Å². The molecule has 1 aromatic heterocycles. The minimum atomic E-state index is 0.0558. The SMILES string of the molecule is CNCC(=O)c1ccc2ccnc(OC)c2c1. The molecular formula is C13H14N2O2. The zero-order valence-electron chi connectivity index (χ0n) is 9.86. The molecule has 17 heavy (non-hydrogen) atoms. The number of aromatic nitrogens is 1. The zero-order valence-corrected chi connectivity index (χ0v) is 9.86. The van der Waals surface area contributed by atoms with Crippen molar-refractivity contribution in [2.24, 2.45) is 0 Å². The first-order valence-electron chi connectivity index (χ1n) is 5.37. The van der Waals surface area contributed by atoms with Gasteiger partial charge in [0.2, 0.25) is 5.88 Å². The molecule has 0 atom stereocenters. The van der Waals surface area contributed by atoms with Gasteiger partial charge in [0, 0.05) is 17.1 Å². The van der Waals surface area contributed by atoms with Gasteiger partial charge < -0.3 is 10.1 Å². The Balaban J connectivity index is 2.52. The first-order valence-corrected chi connectivity index (χ1v) is 5.37. The third kappa shape index (κ3) is 2.26. The van der Waals surface area contributed by atoms with E-state index in [0.29, 0.717) is 18.0 Å². The van der Waals surface area contributed by atoms with Crippen LogP contribution in [0.4, 0.5) is 0 Å². The largest absolute Gasteiger partial charge is 0.481 e. The lowest BCUT2D eigenvalue weighted by molar-refractivity contribution is 0.0993. The van der Waals surface area contributed by atoms with Gasteiger partial charge in [-0.25, -0.2) is 4.98 Å². The summed E-state index contributed by atoms with van der Waals surface area (Å²) in [6.45, 7) is 0.327. The number of nitrogens with one attached hydrogen (secondary N) is 1. The molecule has 0 aliphatic carbocycles. The summed E-state index contributed by atoms with van der Waals surface area (Å²) in [4.78, 5) is 15.9. The molecule has 0 saturated heterocycles. The molecule has 0 spiro atoms. The molecule has 1 aromatic carbocycles. The topological polar surface area (TPSA) is 51.2 Å². The molecule has 0 fully saturated rings. The van der Waals surface area contributed by atoms with E-state index in [0.717, 1.165) is 10.8 Å². The first kappa shape index (κ1) is 11.5. The molecule has 0 amide bonds. The minimum Gasteiger partial charge on any atom is -0.481 e. The van der Waals surface area contributed by atoms with Gasteiger partial charge >= 0.3 is 0 Å². The standard InChI is InChI=1S/C13H14N2O2/c1-14-8-12(16)10-4-3-9-5-6-15-13(17-2)11(9)7-10/h3-7,14H,8H2,1-2H3. The predicted molar refractivity (Wildman–Crippen MR) is 66.6 cm³/mol. The highest BCUT2D eigenvalue weighted by atomic mass is 16.5. The number of hydrogen-bond donors (Lipinski definition) is 1. The molecule has 2 rings (SSSR count). The number of benzene rings is 1. The second kappa shape index (κ2) is 4.93. The lowest BCUT2D eigenvalue weighted by Crippen LogP contribution is -2.18. The normalized spacial score (nSPS) is 10.5.